The summed E-state index contributed by atoms with van der Waals surface area (Å²) in [5, 5.41) is 23.3. The first-order chi connectivity index (χ1) is 15.9. The minimum Gasteiger partial charge on any atom is -0.478 e. The lowest BCUT2D eigenvalue weighted by atomic mass is 10.2. The first-order valence-corrected chi connectivity index (χ1v) is 11.5. The van der Waals surface area contributed by atoms with Gasteiger partial charge in [-0.2, -0.15) is 5.10 Å². The van der Waals surface area contributed by atoms with Crippen molar-refractivity contribution in [1.29, 1.82) is 0 Å². The van der Waals surface area contributed by atoms with Gasteiger partial charge >= 0.3 is 5.97 Å². The molecule has 5 rings (SSSR count). The van der Waals surface area contributed by atoms with Gasteiger partial charge in [0.05, 0.1) is 41.1 Å². The molecule has 170 valence electrons. The van der Waals surface area contributed by atoms with E-state index in [1.807, 2.05) is 0 Å². The Morgan fingerprint density at radius 3 is 2.70 bits per heavy atom. The Morgan fingerprint density at radius 1 is 1.21 bits per heavy atom. The third kappa shape index (κ3) is 3.80. The van der Waals surface area contributed by atoms with E-state index >= 15 is 4.39 Å². The van der Waals surface area contributed by atoms with Crippen LogP contribution in [0.15, 0.2) is 52.5 Å². The average Bonchev–Trinajstić information content (AvgIpc) is 3.43. The molecule has 0 amide bonds. The Bertz CT molecular complexity index is 1400. The Morgan fingerprint density at radius 2 is 2.00 bits per heavy atom. The molecule has 0 spiro atoms. The lowest BCUT2D eigenvalue weighted by Gasteiger charge is -2.11. The molecule has 2 N–H and O–H groups in total. The number of aromatic carboxylic acids is 1. The van der Waals surface area contributed by atoms with Gasteiger partial charge in [-0.1, -0.05) is 29.4 Å². The van der Waals surface area contributed by atoms with E-state index in [2.05, 4.69) is 5.10 Å². The summed E-state index contributed by atoms with van der Waals surface area (Å²) in [5.74, 6) is -2.65. The third-order valence-corrected chi connectivity index (χ3v) is 7.05. The Labute approximate surface area is 196 Å². The normalized spacial score (nSPS) is 13.7. The molecule has 0 aliphatic heterocycles. The number of nitrogens with zero attached hydrogens (tertiary/aromatic N) is 3. The van der Waals surface area contributed by atoms with Crippen LogP contribution in [-0.2, 0) is 6.54 Å². The number of fused-ring (bicyclic) bond motifs is 1. The van der Waals surface area contributed by atoms with Crippen LogP contribution in [0.3, 0.4) is 0 Å². The van der Waals surface area contributed by atoms with Crippen LogP contribution in [0.4, 0.5) is 8.78 Å². The number of hydrogen-bond donors (Lipinski definition) is 2. The molecule has 1 fully saturated rings. The van der Waals surface area contributed by atoms with Crippen LogP contribution in [0.1, 0.15) is 34.8 Å². The van der Waals surface area contributed by atoms with E-state index in [4.69, 9.17) is 11.6 Å². The molecule has 1 saturated carbocycles. The summed E-state index contributed by atoms with van der Waals surface area (Å²) >= 11 is 7.21. The van der Waals surface area contributed by atoms with Crippen LogP contribution in [0.25, 0.3) is 16.6 Å². The van der Waals surface area contributed by atoms with Crippen LogP contribution in [0.5, 0.6) is 0 Å². The second-order valence-corrected chi connectivity index (χ2v) is 9.25. The third-order valence-electron chi connectivity index (χ3n) is 5.59. The minimum atomic E-state index is -1.35. The maximum atomic E-state index is 15.4. The van der Waals surface area contributed by atoms with Crippen molar-refractivity contribution in [2.45, 2.75) is 35.1 Å². The molecule has 4 aromatic rings. The van der Waals surface area contributed by atoms with Gasteiger partial charge in [0.1, 0.15) is 0 Å². The lowest BCUT2D eigenvalue weighted by Crippen LogP contribution is -2.03. The van der Waals surface area contributed by atoms with Gasteiger partial charge < -0.3 is 14.8 Å². The van der Waals surface area contributed by atoms with E-state index in [9.17, 15) is 19.4 Å². The second-order valence-electron chi connectivity index (χ2n) is 7.79. The van der Waals surface area contributed by atoms with E-state index in [1.54, 1.807) is 27.7 Å². The number of aliphatic hydroxyl groups is 1. The van der Waals surface area contributed by atoms with Crippen LogP contribution < -0.4 is 0 Å². The fraction of sp³-hybridized carbons (Fsp3) is 0.217. The highest BCUT2D eigenvalue weighted by Gasteiger charge is 2.35. The fourth-order valence-electron chi connectivity index (χ4n) is 3.96. The molecule has 2 aromatic carbocycles. The van der Waals surface area contributed by atoms with Crippen molar-refractivity contribution in [3.63, 3.8) is 0 Å². The summed E-state index contributed by atoms with van der Waals surface area (Å²) in [6.45, 7) is 0.194. The first-order valence-electron chi connectivity index (χ1n) is 10.3. The summed E-state index contributed by atoms with van der Waals surface area (Å²) in [4.78, 5) is 12.2. The number of hydrogen-bond acceptors (Lipinski definition) is 4. The SMILES string of the molecule is O=C(O)c1cccc(Sc2c(C3CC3)n(-c3cnn(CCO)c3)c3c(F)c(Cl)ccc23)c1F. The Balaban J connectivity index is 1.76. The second kappa shape index (κ2) is 8.48. The van der Waals surface area contributed by atoms with Gasteiger partial charge in [-0.25, -0.2) is 13.6 Å². The van der Waals surface area contributed by atoms with Crippen LogP contribution in [0.2, 0.25) is 5.02 Å². The topological polar surface area (TPSA) is 80.3 Å². The fourth-order valence-corrected chi connectivity index (χ4v) is 5.32. The minimum absolute atomic E-state index is 0.0399. The summed E-state index contributed by atoms with van der Waals surface area (Å²) in [7, 11) is 0. The molecule has 10 heteroatoms. The van der Waals surface area contributed by atoms with Crippen molar-refractivity contribution in [3.05, 3.63) is 70.6 Å². The van der Waals surface area contributed by atoms with Crippen molar-refractivity contribution >= 4 is 40.2 Å². The van der Waals surface area contributed by atoms with Crippen molar-refractivity contribution in [1.82, 2.24) is 14.3 Å². The van der Waals surface area contributed by atoms with Crippen LogP contribution in [-0.4, -0.2) is 37.1 Å². The zero-order chi connectivity index (χ0) is 23.3. The maximum Gasteiger partial charge on any atom is 0.338 e. The van der Waals surface area contributed by atoms with Gasteiger partial charge in [-0.15, -0.1) is 0 Å². The van der Waals surface area contributed by atoms with Gasteiger partial charge in [0.2, 0.25) is 0 Å². The van der Waals surface area contributed by atoms with E-state index in [-0.39, 0.29) is 34.5 Å². The average molecular weight is 490 g/mol. The number of halogens is 3. The molecular formula is C23H18ClF2N3O3S. The van der Waals surface area contributed by atoms with Gasteiger partial charge in [-0.3, -0.25) is 4.68 Å². The number of carbonyl (C=O) groups is 1. The number of rotatable bonds is 7. The molecular weight excluding hydrogens is 472 g/mol. The van der Waals surface area contributed by atoms with Gasteiger partial charge in [0.15, 0.2) is 11.6 Å². The molecule has 0 atom stereocenters. The van der Waals surface area contributed by atoms with E-state index in [0.717, 1.165) is 30.3 Å². The summed E-state index contributed by atoms with van der Waals surface area (Å²) < 4.78 is 33.7. The standard InChI is InChI=1S/C23H18ClF2N3O3S/c24-16-7-6-15-21(19(16)26)29(13-10-27-28(11-13)8-9-30)20(12-4-5-12)22(15)33-17-3-1-2-14(18(17)25)23(31)32/h1-3,6-7,10-12,30H,4-5,8-9H2,(H,31,32). The number of carboxylic acid groups (broad SMARTS) is 1. The van der Waals surface area contributed by atoms with Crippen molar-refractivity contribution in [2.24, 2.45) is 0 Å². The zero-order valence-corrected chi connectivity index (χ0v) is 18.7. The molecule has 0 radical (unpaired) electrons. The largest absolute Gasteiger partial charge is 0.478 e. The zero-order valence-electron chi connectivity index (χ0n) is 17.1. The monoisotopic (exact) mass is 489 g/mol. The number of carboxylic acids is 1. The molecule has 1 aliphatic carbocycles. The van der Waals surface area contributed by atoms with E-state index < -0.39 is 23.2 Å². The molecule has 6 nitrogen and oxygen atoms in total. The Hall–Kier alpha value is -2.88. The van der Waals surface area contributed by atoms with Gasteiger partial charge in [0, 0.05) is 33.0 Å². The van der Waals surface area contributed by atoms with Crippen LogP contribution in [0, 0.1) is 11.6 Å². The molecule has 1 aliphatic rings. The van der Waals surface area contributed by atoms with Crippen molar-refractivity contribution in [2.75, 3.05) is 6.61 Å². The summed E-state index contributed by atoms with van der Waals surface area (Å²) in [6, 6.07) is 7.37. The van der Waals surface area contributed by atoms with Crippen LogP contribution >= 0.6 is 23.4 Å². The molecule has 0 bridgehead atoms. The van der Waals surface area contributed by atoms with Crippen molar-refractivity contribution < 1.29 is 23.8 Å². The smallest absolute Gasteiger partial charge is 0.338 e. The van der Waals surface area contributed by atoms with Gasteiger partial charge in [-0.05, 0) is 37.1 Å². The maximum absolute atomic E-state index is 15.4. The number of benzene rings is 2. The quantitative estimate of drug-likeness (QED) is 0.359. The molecule has 2 heterocycles. The number of aromatic nitrogens is 3. The Kier molecular flexibility index (Phi) is 5.64. The first kappa shape index (κ1) is 21.9. The van der Waals surface area contributed by atoms with Gasteiger partial charge in [0.25, 0.3) is 0 Å². The highest BCUT2D eigenvalue weighted by atomic mass is 35.5. The van der Waals surface area contributed by atoms with E-state index in [1.165, 1.54) is 24.3 Å². The molecule has 0 saturated heterocycles. The summed E-state index contributed by atoms with van der Waals surface area (Å²) in [6.07, 6.45) is 5.08. The highest BCUT2D eigenvalue weighted by Crippen LogP contribution is 2.51. The lowest BCUT2D eigenvalue weighted by molar-refractivity contribution is 0.0691. The molecule has 33 heavy (non-hydrogen) atoms. The number of aliphatic hydroxyl groups excluding tert-OH is 1. The summed E-state index contributed by atoms with van der Waals surface area (Å²) in [5.41, 5.74) is 1.24. The molecule has 2 aromatic heterocycles. The van der Waals surface area contributed by atoms with E-state index in [0.29, 0.717) is 16.0 Å². The predicted molar refractivity (Wildman–Crippen MR) is 121 cm³/mol. The molecule has 0 unspecified atom stereocenters. The predicted octanol–water partition coefficient (Wildman–Crippen LogP) is 5.48. The van der Waals surface area contributed by atoms with Crippen molar-refractivity contribution in [3.8, 4) is 5.69 Å². The highest BCUT2D eigenvalue weighted by molar-refractivity contribution is 7.99.